The van der Waals surface area contributed by atoms with Crippen molar-refractivity contribution in [3.05, 3.63) is 34.0 Å². The summed E-state index contributed by atoms with van der Waals surface area (Å²) < 4.78 is 7.72. The Morgan fingerprint density at radius 2 is 2.35 bits per heavy atom. The number of carbonyl (C=O) groups excluding carboxylic acids is 1. The minimum absolute atomic E-state index is 0.0255. The molecule has 140 valence electrons. The molecule has 2 saturated heterocycles. The lowest BCUT2D eigenvalue weighted by Gasteiger charge is -2.50. The van der Waals surface area contributed by atoms with Crippen molar-refractivity contribution in [2.24, 2.45) is 13.0 Å². The summed E-state index contributed by atoms with van der Waals surface area (Å²) in [4.78, 5) is 19.1. The van der Waals surface area contributed by atoms with Gasteiger partial charge in [0.05, 0.1) is 16.3 Å². The Balaban J connectivity index is 1.25. The number of aryl methyl sites for hydroxylation is 2. The zero-order valence-corrected chi connectivity index (χ0v) is 16.1. The first-order valence-corrected chi connectivity index (χ1v) is 9.97. The molecule has 26 heavy (non-hydrogen) atoms. The van der Waals surface area contributed by atoms with Crippen LogP contribution >= 0.6 is 11.3 Å². The molecule has 0 aliphatic carbocycles. The van der Waals surface area contributed by atoms with Crippen LogP contribution in [0.15, 0.2) is 17.6 Å². The van der Waals surface area contributed by atoms with Crippen LogP contribution in [0.25, 0.3) is 0 Å². The molecular formula is C18H25N5O2S. The number of thiazole rings is 1. The summed E-state index contributed by atoms with van der Waals surface area (Å²) in [6.45, 7) is 6.37. The van der Waals surface area contributed by atoms with Gasteiger partial charge >= 0.3 is 0 Å². The second kappa shape index (κ2) is 7.09. The minimum atomic E-state index is -0.0629. The van der Waals surface area contributed by atoms with Gasteiger partial charge in [-0.15, -0.1) is 11.3 Å². The molecule has 2 aliphatic heterocycles. The molecule has 8 heteroatoms. The molecule has 4 rings (SSSR count). The Labute approximate surface area is 157 Å². The fraction of sp³-hybridized carbons (Fsp3) is 0.611. The Hall–Kier alpha value is -1.77. The third-order valence-corrected chi connectivity index (χ3v) is 6.29. The Kier molecular flexibility index (Phi) is 4.81. The van der Waals surface area contributed by atoms with Gasteiger partial charge in [-0.05, 0) is 31.7 Å². The highest BCUT2D eigenvalue weighted by Gasteiger charge is 2.52. The molecule has 0 radical (unpaired) electrons. The van der Waals surface area contributed by atoms with Gasteiger partial charge in [0.25, 0.3) is 5.91 Å². The highest BCUT2D eigenvalue weighted by molar-refractivity contribution is 7.09. The van der Waals surface area contributed by atoms with E-state index in [4.69, 9.17) is 4.74 Å². The monoisotopic (exact) mass is 375 g/mol. The van der Waals surface area contributed by atoms with Crippen LogP contribution < -0.4 is 5.32 Å². The average molecular weight is 375 g/mol. The molecule has 1 amide bonds. The Morgan fingerprint density at radius 1 is 1.50 bits per heavy atom. The van der Waals surface area contributed by atoms with Gasteiger partial charge in [-0.3, -0.25) is 14.4 Å². The van der Waals surface area contributed by atoms with Crippen molar-refractivity contribution >= 4 is 17.2 Å². The zero-order chi connectivity index (χ0) is 18.1. The van der Waals surface area contributed by atoms with Gasteiger partial charge in [0.1, 0.15) is 5.69 Å². The van der Waals surface area contributed by atoms with Crippen molar-refractivity contribution in [3.63, 3.8) is 0 Å². The van der Waals surface area contributed by atoms with Crippen LogP contribution in [-0.2, 0) is 18.3 Å². The van der Waals surface area contributed by atoms with E-state index in [9.17, 15) is 4.79 Å². The second-order valence-electron chi connectivity index (χ2n) is 7.29. The van der Waals surface area contributed by atoms with Gasteiger partial charge < -0.3 is 10.1 Å². The SMILES string of the molecule is Cc1nc(CN2CC3(C2)OCC[C@@H]3CCNC(=O)c2ccnn2C)cs1. The lowest BCUT2D eigenvalue weighted by Crippen LogP contribution is -2.64. The highest BCUT2D eigenvalue weighted by Crippen LogP contribution is 2.42. The largest absolute Gasteiger partial charge is 0.372 e. The summed E-state index contributed by atoms with van der Waals surface area (Å²) in [6, 6.07) is 1.74. The quantitative estimate of drug-likeness (QED) is 0.830. The van der Waals surface area contributed by atoms with Crippen molar-refractivity contribution in [2.45, 2.75) is 31.9 Å². The number of ether oxygens (including phenoxy) is 1. The van der Waals surface area contributed by atoms with Crippen LogP contribution in [0.2, 0.25) is 0 Å². The predicted octanol–water partition coefficient (Wildman–Crippen LogP) is 1.60. The predicted molar refractivity (Wildman–Crippen MR) is 99.1 cm³/mol. The van der Waals surface area contributed by atoms with Crippen LogP contribution in [-0.4, -0.2) is 57.4 Å². The van der Waals surface area contributed by atoms with Gasteiger partial charge in [-0.25, -0.2) is 4.98 Å². The van der Waals surface area contributed by atoms with E-state index in [1.807, 2.05) is 6.92 Å². The van der Waals surface area contributed by atoms with Crippen LogP contribution in [0.4, 0.5) is 0 Å². The van der Waals surface area contributed by atoms with E-state index >= 15 is 0 Å². The molecule has 7 nitrogen and oxygen atoms in total. The number of likely N-dealkylation sites (tertiary alicyclic amines) is 1. The van der Waals surface area contributed by atoms with Gasteiger partial charge in [0.2, 0.25) is 0 Å². The van der Waals surface area contributed by atoms with E-state index < -0.39 is 0 Å². The van der Waals surface area contributed by atoms with Crippen molar-refractivity contribution in [1.82, 2.24) is 25.0 Å². The number of amides is 1. The zero-order valence-electron chi connectivity index (χ0n) is 15.3. The highest BCUT2D eigenvalue weighted by atomic mass is 32.1. The third kappa shape index (κ3) is 3.41. The number of hydrogen-bond donors (Lipinski definition) is 1. The van der Waals surface area contributed by atoms with Crippen molar-refractivity contribution in [2.75, 3.05) is 26.2 Å². The molecule has 0 bridgehead atoms. The van der Waals surface area contributed by atoms with E-state index in [1.165, 1.54) is 0 Å². The van der Waals surface area contributed by atoms with E-state index in [0.29, 0.717) is 18.2 Å². The number of aromatic nitrogens is 3. The van der Waals surface area contributed by atoms with Crippen LogP contribution in [0.1, 0.15) is 34.0 Å². The molecule has 0 saturated carbocycles. The molecule has 1 spiro atoms. The molecule has 4 heterocycles. The molecule has 2 aromatic rings. The molecule has 2 fully saturated rings. The number of carbonyl (C=O) groups is 1. The number of nitrogens with one attached hydrogen (secondary N) is 1. The lowest BCUT2D eigenvalue weighted by atomic mass is 9.79. The van der Waals surface area contributed by atoms with E-state index in [-0.39, 0.29) is 11.5 Å². The van der Waals surface area contributed by atoms with Gasteiger partial charge in [0.15, 0.2) is 0 Å². The average Bonchev–Trinajstić information content (AvgIpc) is 3.28. The van der Waals surface area contributed by atoms with Crippen molar-refractivity contribution < 1.29 is 9.53 Å². The first-order chi connectivity index (χ1) is 12.6. The maximum absolute atomic E-state index is 12.2. The summed E-state index contributed by atoms with van der Waals surface area (Å²) in [6.07, 6.45) is 3.67. The Bertz CT molecular complexity index is 780. The molecular weight excluding hydrogens is 350 g/mol. The van der Waals surface area contributed by atoms with Crippen LogP contribution in [0.5, 0.6) is 0 Å². The normalized spacial score (nSPS) is 21.8. The summed E-state index contributed by atoms with van der Waals surface area (Å²) in [5.41, 5.74) is 1.72. The van der Waals surface area contributed by atoms with Gasteiger partial charge in [-0.1, -0.05) is 0 Å². The van der Waals surface area contributed by atoms with E-state index in [1.54, 1.807) is 35.3 Å². The third-order valence-electron chi connectivity index (χ3n) is 5.47. The first-order valence-electron chi connectivity index (χ1n) is 9.09. The summed E-state index contributed by atoms with van der Waals surface area (Å²) in [7, 11) is 1.78. The minimum Gasteiger partial charge on any atom is -0.372 e. The maximum atomic E-state index is 12.2. The van der Waals surface area contributed by atoms with E-state index in [0.717, 1.165) is 49.8 Å². The van der Waals surface area contributed by atoms with Crippen LogP contribution in [0, 0.1) is 12.8 Å². The topological polar surface area (TPSA) is 72.3 Å². The van der Waals surface area contributed by atoms with Crippen molar-refractivity contribution in [3.8, 4) is 0 Å². The molecule has 0 aromatic carbocycles. The van der Waals surface area contributed by atoms with E-state index in [2.05, 4.69) is 25.7 Å². The standard InChI is InChI=1S/C18H25N5O2S/c1-13-21-15(10-26-13)9-23-11-18(12-23)14(5-8-25-18)3-6-19-17(24)16-4-7-20-22(16)2/h4,7,10,14H,3,5-6,8-9,11-12H2,1-2H3,(H,19,24)/t14-/m0/s1. The fourth-order valence-electron chi connectivity index (χ4n) is 4.12. The lowest BCUT2D eigenvalue weighted by molar-refractivity contribution is -0.137. The summed E-state index contributed by atoms with van der Waals surface area (Å²) in [5, 5.41) is 10.3. The second-order valence-corrected chi connectivity index (χ2v) is 8.35. The smallest absolute Gasteiger partial charge is 0.269 e. The number of hydrogen-bond acceptors (Lipinski definition) is 6. The summed E-state index contributed by atoms with van der Waals surface area (Å²) >= 11 is 1.70. The van der Waals surface area contributed by atoms with Crippen LogP contribution in [0.3, 0.4) is 0 Å². The van der Waals surface area contributed by atoms with Crippen molar-refractivity contribution in [1.29, 1.82) is 0 Å². The number of nitrogens with zero attached hydrogens (tertiary/aromatic N) is 4. The molecule has 1 atom stereocenters. The summed E-state index contributed by atoms with van der Waals surface area (Å²) in [5.74, 6) is 0.440. The van der Waals surface area contributed by atoms with Gasteiger partial charge in [-0.2, -0.15) is 5.10 Å². The number of rotatable bonds is 6. The van der Waals surface area contributed by atoms with Gasteiger partial charge in [0, 0.05) is 51.4 Å². The first kappa shape index (κ1) is 17.6. The molecule has 2 aliphatic rings. The molecule has 0 unspecified atom stereocenters. The molecule has 1 N–H and O–H groups in total. The molecule has 2 aromatic heterocycles. The fourth-order valence-corrected chi connectivity index (χ4v) is 4.73. The maximum Gasteiger partial charge on any atom is 0.269 e. The Morgan fingerprint density at radius 3 is 3.04 bits per heavy atom.